The van der Waals surface area contributed by atoms with Gasteiger partial charge in [-0.25, -0.2) is 4.79 Å². The molecule has 5 heteroatoms. The number of carbonyl (C=O) groups excluding carboxylic acids is 1. The molecule has 0 spiro atoms. The quantitative estimate of drug-likeness (QED) is 0.748. The van der Waals surface area contributed by atoms with E-state index >= 15 is 0 Å². The van der Waals surface area contributed by atoms with E-state index in [9.17, 15) is 9.59 Å². The number of methoxy groups -OCH3 is 1. The molecule has 0 radical (unpaired) electrons. The van der Waals surface area contributed by atoms with Crippen LogP contribution in [0.15, 0.2) is 16.4 Å². The van der Waals surface area contributed by atoms with E-state index in [0.29, 0.717) is 15.6 Å². The lowest BCUT2D eigenvalue weighted by Gasteiger charge is -1.99. The first-order valence-corrected chi connectivity index (χ1v) is 5.21. The fourth-order valence-electron chi connectivity index (χ4n) is 1.46. The number of rotatable bonds is 1. The smallest absolute Gasteiger partial charge is 0.340 e. The molecule has 0 aliphatic rings. The van der Waals surface area contributed by atoms with Crippen molar-refractivity contribution in [2.45, 2.75) is 6.92 Å². The maximum atomic E-state index is 11.5. The number of aromatic amines is 1. The first-order valence-electron chi connectivity index (χ1n) is 4.33. The first kappa shape index (κ1) is 9.92. The predicted molar refractivity (Wildman–Crippen MR) is 58.5 cm³/mol. The predicted octanol–water partition coefficient (Wildman–Crippen LogP) is 1.68. The van der Waals surface area contributed by atoms with Crippen LogP contribution in [0.5, 0.6) is 0 Å². The zero-order valence-corrected chi connectivity index (χ0v) is 9.10. The third kappa shape index (κ3) is 1.45. The molecule has 4 nitrogen and oxygen atoms in total. The van der Waals surface area contributed by atoms with Crippen molar-refractivity contribution < 1.29 is 9.53 Å². The van der Waals surface area contributed by atoms with Crippen LogP contribution in [0, 0.1) is 6.92 Å². The number of nitrogens with one attached hydrogen (secondary N) is 1. The minimum atomic E-state index is -0.432. The fraction of sp³-hybridized carbons (Fsp3) is 0.200. The third-order valence-electron chi connectivity index (χ3n) is 2.20. The molecule has 1 N–H and O–H groups in total. The average molecular weight is 223 g/mol. The molecule has 0 bridgehead atoms. The van der Waals surface area contributed by atoms with Gasteiger partial charge in [0.1, 0.15) is 0 Å². The van der Waals surface area contributed by atoms with Gasteiger partial charge in [0.2, 0.25) is 0 Å². The highest BCUT2D eigenvalue weighted by atomic mass is 32.1. The SMILES string of the molecule is COC(=O)c1c[nH]c(=O)c2c(C)csc12. The van der Waals surface area contributed by atoms with Gasteiger partial charge in [-0.2, -0.15) is 0 Å². The molecule has 0 aromatic carbocycles. The summed E-state index contributed by atoms with van der Waals surface area (Å²) in [4.78, 5) is 25.5. The Balaban J connectivity index is 2.84. The van der Waals surface area contributed by atoms with Gasteiger partial charge in [0.05, 0.1) is 22.8 Å². The lowest BCUT2D eigenvalue weighted by Crippen LogP contribution is -2.10. The summed E-state index contributed by atoms with van der Waals surface area (Å²) in [5, 5.41) is 2.43. The molecule has 0 aliphatic heterocycles. The lowest BCUT2D eigenvalue weighted by atomic mass is 10.2. The van der Waals surface area contributed by atoms with E-state index in [4.69, 9.17) is 0 Å². The van der Waals surface area contributed by atoms with Crippen LogP contribution in [0.4, 0.5) is 0 Å². The Bertz CT molecular complexity index is 582. The summed E-state index contributed by atoms with van der Waals surface area (Å²) in [5.74, 6) is -0.432. The summed E-state index contributed by atoms with van der Waals surface area (Å²) < 4.78 is 5.32. The van der Waals surface area contributed by atoms with Gasteiger partial charge >= 0.3 is 5.97 Å². The fourth-order valence-corrected chi connectivity index (χ4v) is 2.51. The second-order valence-electron chi connectivity index (χ2n) is 3.15. The van der Waals surface area contributed by atoms with Gasteiger partial charge in [-0.15, -0.1) is 11.3 Å². The van der Waals surface area contributed by atoms with Crippen LogP contribution in [0.1, 0.15) is 15.9 Å². The van der Waals surface area contributed by atoms with Crippen molar-refractivity contribution in [3.63, 3.8) is 0 Å². The number of esters is 1. The first-order chi connectivity index (χ1) is 7.15. The topological polar surface area (TPSA) is 59.2 Å². The van der Waals surface area contributed by atoms with Crippen LogP contribution in [0.2, 0.25) is 0 Å². The van der Waals surface area contributed by atoms with E-state index in [0.717, 1.165) is 5.56 Å². The summed E-state index contributed by atoms with van der Waals surface area (Å²) in [6, 6.07) is 0. The molecular formula is C10H9NO3S. The standard InChI is InChI=1S/C10H9NO3S/c1-5-4-15-8-6(10(13)14-2)3-11-9(12)7(5)8/h3-4H,1-2H3,(H,11,12). The molecule has 0 aliphatic carbocycles. The highest BCUT2D eigenvalue weighted by Gasteiger charge is 2.15. The molecule has 0 amide bonds. The Morgan fingerprint density at radius 3 is 2.93 bits per heavy atom. The number of hydrogen-bond donors (Lipinski definition) is 1. The molecule has 78 valence electrons. The van der Waals surface area contributed by atoms with Crippen molar-refractivity contribution in [2.75, 3.05) is 7.11 Å². The molecule has 2 heterocycles. The maximum absolute atomic E-state index is 11.5. The highest BCUT2D eigenvalue weighted by Crippen LogP contribution is 2.25. The second-order valence-corrected chi connectivity index (χ2v) is 4.03. The molecule has 0 atom stereocenters. The van der Waals surface area contributed by atoms with Gasteiger partial charge in [-0.1, -0.05) is 0 Å². The third-order valence-corrected chi connectivity index (χ3v) is 3.33. The van der Waals surface area contributed by atoms with Crippen molar-refractivity contribution in [2.24, 2.45) is 0 Å². The number of aryl methyl sites for hydroxylation is 1. The minimum Gasteiger partial charge on any atom is -0.465 e. The number of fused-ring (bicyclic) bond motifs is 1. The summed E-state index contributed by atoms with van der Waals surface area (Å²) in [7, 11) is 1.32. The molecule has 2 aromatic rings. The molecular weight excluding hydrogens is 214 g/mol. The second kappa shape index (κ2) is 3.51. The van der Waals surface area contributed by atoms with E-state index in [2.05, 4.69) is 9.72 Å². The number of ether oxygens (including phenoxy) is 1. The van der Waals surface area contributed by atoms with Gasteiger partial charge in [-0.05, 0) is 17.9 Å². The van der Waals surface area contributed by atoms with Crippen LogP contribution in [0.3, 0.4) is 0 Å². The number of H-pyrrole nitrogens is 1. The lowest BCUT2D eigenvalue weighted by molar-refractivity contribution is 0.0603. The molecule has 2 rings (SSSR count). The molecule has 0 saturated heterocycles. The van der Waals surface area contributed by atoms with Gasteiger partial charge < -0.3 is 9.72 Å². The number of carbonyl (C=O) groups is 1. The number of pyridine rings is 1. The Hall–Kier alpha value is -1.62. The molecule has 0 fully saturated rings. The van der Waals surface area contributed by atoms with Crippen LogP contribution in [0.25, 0.3) is 10.1 Å². The average Bonchev–Trinajstić information content (AvgIpc) is 2.61. The van der Waals surface area contributed by atoms with Crippen molar-refractivity contribution in [3.05, 3.63) is 33.1 Å². The van der Waals surface area contributed by atoms with Gasteiger partial charge in [0.25, 0.3) is 5.56 Å². The van der Waals surface area contributed by atoms with Crippen LogP contribution in [-0.4, -0.2) is 18.1 Å². The van der Waals surface area contributed by atoms with Crippen LogP contribution < -0.4 is 5.56 Å². The van der Waals surface area contributed by atoms with Crippen LogP contribution >= 0.6 is 11.3 Å². The maximum Gasteiger partial charge on any atom is 0.340 e. The number of hydrogen-bond acceptors (Lipinski definition) is 4. The van der Waals surface area contributed by atoms with E-state index in [1.54, 1.807) is 0 Å². The Labute approximate surface area is 89.5 Å². The normalized spacial score (nSPS) is 10.5. The van der Waals surface area contributed by atoms with E-state index in [-0.39, 0.29) is 5.56 Å². The number of aromatic nitrogens is 1. The summed E-state index contributed by atoms with van der Waals surface area (Å²) >= 11 is 1.38. The van der Waals surface area contributed by atoms with Crippen molar-refractivity contribution in [1.82, 2.24) is 4.98 Å². The van der Waals surface area contributed by atoms with Gasteiger partial charge in [0.15, 0.2) is 0 Å². The van der Waals surface area contributed by atoms with Gasteiger partial charge in [-0.3, -0.25) is 4.79 Å². The zero-order valence-electron chi connectivity index (χ0n) is 8.29. The molecule has 0 unspecified atom stereocenters. The Kier molecular flexibility index (Phi) is 2.32. The van der Waals surface area contributed by atoms with E-state index in [1.807, 2.05) is 12.3 Å². The van der Waals surface area contributed by atoms with Crippen molar-refractivity contribution in [3.8, 4) is 0 Å². The molecule has 2 aromatic heterocycles. The van der Waals surface area contributed by atoms with E-state index < -0.39 is 5.97 Å². The molecule has 15 heavy (non-hydrogen) atoms. The largest absolute Gasteiger partial charge is 0.465 e. The Morgan fingerprint density at radius 1 is 1.53 bits per heavy atom. The summed E-state index contributed by atoms with van der Waals surface area (Å²) in [5.41, 5.74) is 1.11. The zero-order chi connectivity index (χ0) is 11.0. The molecule has 0 saturated carbocycles. The summed E-state index contributed by atoms with van der Waals surface area (Å²) in [6.45, 7) is 1.84. The van der Waals surface area contributed by atoms with Gasteiger partial charge in [0, 0.05) is 6.20 Å². The van der Waals surface area contributed by atoms with Crippen molar-refractivity contribution in [1.29, 1.82) is 0 Å². The van der Waals surface area contributed by atoms with E-state index in [1.165, 1.54) is 24.6 Å². The highest BCUT2D eigenvalue weighted by molar-refractivity contribution is 7.17. The minimum absolute atomic E-state index is 0.170. The number of thiophene rings is 1. The monoisotopic (exact) mass is 223 g/mol. The van der Waals surface area contributed by atoms with Crippen molar-refractivity contribution >= 4 is 27.4 Å². The Morgan fingerprint density at radius 2 is 2.27 bits per heavy atom. The summed E-state index contributed by atoms with van der Waals surface area (Å²) in [6.07, 6.45) is 1.40. The van der Waals surface area contributed by atoms with Crippen LogP contribution in [-0.2, 0) is 4.74 Å².